The molecule has 0 saturated heterocycles. The Bertz CT molecular complexity index is 625. The maximum atomic E-state index is 12.0. The van der Waals surface area contributed by atoms with Crippen LogP contribution in [-0.2, 0) is 16.1 Å². The predicted molar refractivity (Wildman–Crippen MR) is 103 cm³/mol. The van der Waals surface area contributed by atoms with Crippen LogP contribution in [0.2, 0.25) is 0 Å². The van der Waals surface area contributed by atoms with E-state index in [-0.39, 0.29) is 5.91 Å². The van der Waals surface area contributed by atoms with E-state index in [9.17, 15) is 9.90 Å². The first-order valence-electron chi connectivity index (χ1n) is 8.78. The molecule has 5 heteroatoms. The van der Waals surface area contributed by atoms with Crippen LogP contribution in [0.1, 0.15) is 49.7 Å². The number of anilines is 1. The van der Waals surface area contributed by atoms with Crippen LogP contribution in [0.4, 0.5) is 5.69 Å². The summed E-state index contributed by atoms with van der Waals surface area (Å²) in [6.07, 6.45) is 2.40. The first-order valence-corrected chi connectivity index (χ1v) is 9.66. The molecule has 0 bridgehead atoms. The molecule has 1 aromatic carbocycles. The number of thiophene rings is 1. The first-order chi connectivity index (χ1) is 12.1. The minimum Gasteiger partial charge on any atom is -0.388 e. The van der Waals surface area contributed by atoms with Crippen molar-refractivity contribution in [3.05, 3.63) is 52.2 Å². The lowest BCUT2D eigenvalue weighted by Crippen LogP contribution is -2.31. The van der Waals surface area contributed by atoms with Crippen molar-refractivity contribution >= 4 is 22.9 Å². The van der Waals surface area contributed by atoms with Gasteiger partial charge < -0.3 is 14.7 Å². The van der Waals surface area contributed by atoms with Gasteiger partial charge in [-0.05, 0) is 35.6 Å². The molecule has 0 aliphatic carbocycles. The van der Waals surface area contributed by atoms with Gasteiger partial charge in [-0.3, -0.25) is 4.79 Å². The lowest BCUT2D eigenvalue weighted by molar-refractivity contribution is -0.116. The molecular formula is C20H27NO3S. The van der Waals surface area contributed by atoms with Gasteiger partial charge in [0.05, 0.1) is 19.3 Å². The van der Waals surface area contributed by atoms with Crippen molar-refractivity contribution in [2.24, 2.45) is 0 Å². The minimum atomic E-state index is -0.436. The highest BCUT2D eigenvalue weighted by Crippen LogP contribution is 2.23. The van der Waals surface area contributed by atoms with Gasteiger partial charge in [-0.2, -0.15) is 0 Å². The van der Waals surface area contributed by atoms with Crippen LogP contribution in [0.15, 0.2) is 41.8 Å². The van der Waals surface area contributed by atoms with Crippen LogP contribution in [0.25, 0.3) is 0 Å². The SMILES string of the molecule is CCCCC(O)c1ccc(N(CCOCc2cccs2)C(C)=O)cc1. The van der Waals surface area contributed by atoms with Crippen molar-refractivity contribution in [3.8, 4) is 0 Å². The number of amides is 1. The number of nitrogens with zero attached hydrogens (tertiary/aromatic N) is 1. The van der Waals surface area contributed by atoms with Crippen LogP contribution in [0.5, 0.6) is 0 Å². The molecule has 25 heavy (non-hydrogen) atoms. The van der Waals surface area contributed by atoms with Gasteiger partial charge in [0.25, 0.3) is 0 Å². The molecule has 0 radical (unpaired) electrons. The highest BCUT2D eigenvalue weighted by molar-refractivity contribution is 7.09. The van der Waals surface area contributed by atoms with Gasteiger partial charge in [-0.25, -0.2) is 0 Å². The van der Waals surface area contributed by atoms with Gasteiger partial charge in [-0.1, -0.05) is 38.0 Å². The number of hydrogen-bond donors (Lipinski definition) is 1. The molecule has 0 aliphatic rings. The molecule has 0 aliphatic heterocycles. The highest BCUT2D eigenvalue weighted by atomic mass is 32.1. The fraction of sp³-hybridized carbons (Fsp3) is 0.450. The van der Waals surface area contributed by atoms with Gasteiger partial charge in [0.2, 0.25) is 5.91 Å². The summed E-state index contributed by atoms with van der Waals surface area (Å²) in [5, 5.41) is 12.2. The van der Waals surface area contributed by atoms with Crippen molar-refractivity contribution in [1.29, 1.82) is 0 Å². The third-order valence-electron chi connectivity index (χ3n) is 4.08. The first kappa shape index (κ1) is 19.6. The molecule has 0 saturated carbocycles. The van der Waals surface area contributed by atoms with Gasteiger partial charge >= 0.3 is 0 Å². The minimum absolute atomic E-state index is 0.0148. The Hall–Kier alpha value is -1.69. The molecule has 1 heterocycles. The van der Waals surface area contributed by atoms with Crippen molar-refractivity contribution in [3.63, 3.8) is 0 Å². The maximum Gasteiger partial charge on any atom is 0.223 e. The Morgan fingerprint density at radius 1 is 1.28 bits per heavy atom. The lowest BCUT2D eigenvalue weighted by Gasteiger charge is -2.22. The largest absolute Gasteiger partial charge is 0.388 e. The number of hydrogen-bond acceptors (Lipinski definition) is 4. The molecule has 136 valence electrons. The molecule has 1 atom stereocenters. The third-order valence-corrected chi connectivity index (χ3v) is 4.93. The average Bonchev–Trinajstić information content (AvgIpc) is 3.13. The molecule has 0 spiro atoms. The molecule has 2 rings (SSSR count). The molecule has 1 N–H and O–H groups in total. The second-order valence-electron chi connectivity index (χ2n) is 6.05. The quantitative estimate of drug-likeness (QED) is 0.632. The fourth-order valence-electron chi connectivity index (χ4n) is 2.63. The number of aliphatic hydroxyl groups is 1. The maximum absolute atomic E-state index is 12.0. The molecule has 4 nitrogen and oxygen atoms in total. The zero-order chi connectivity index (χ0) is 18.1. The Balaban J connectivity index is 1.89. The van der Waals surface area contributed by atoms with E-state index in [0.717, 1.165) is 30.5 Å². The van der Waals surface area contributed by atoms with Crippen LogP contribution in [0.3, 0.4) is 0 Å². The van der Waals surface area contributed by atoms with E-state index >= 15 is 0 Å². The number of carbonyl (C=O) groups excluding carboxylic acids is 1. The fourth-order valence-corrected chi connectivity index (χ4v) is 3.27. The molecular weight excluding hydrogens is 334 g/mol. The number of rotatable bonds is 10. The summed E-state index contributed by atoms with van der Waals surface area (Å²) in [7, 11) is 0. The Morgan fingerprint density at radius 2 is 2.04 bits per heavy atom. The van der Waals surface area contributed by atoms with E-state index < -0.39 is 6.10 Å². The monoisotopic (exact) mass is 361 g/mol. The van der Waals surface area contributed by atoms with Gasteiger partial charge in [-0.15, -0.1) is 11.3 Å². The van der Waals surface area contributed by atoms with Crippen molar-refractivity contribution in [2.75, 3.05) is 18.1 Å². The molecule has 0 fully saturated rings. The average molecular weight is 362 g/mol. The highest BCUT2D eigenvalue weighted by Gasteiger charge is 2.13. The summed E-state index contributed by atoms with van der Waals surface area (Å²) in [5.41, 5.74) is 1.73. The second-order valence-corrected chi connectivity index (χ2v) is 7.08. The molecule has 1 unspecified atom stereocenters. The zero-order valence-electron chi connectivity index (χ0n) is 15.0. The Labute approximate surface area is 154 Å². The standard InChI is InChI=1S/C20H27NO3S/c1-3-4-7-20(23)17-8-10-18(11-9-17)21(16(2)22)12-13-24-15-19-6-5-14-25-19/h5-6,8-11,14,20,23H,3-4,7,12-13,15H2,1-2H3. The number of ether oxygens (including phenoxy) is 1. The van der Waals surface area contributed by atoms with E-state index in [2.05, 4.69) is 6.92 Å². The molecule has 1 amide bonds. The van der Waals surface area contributed by atoms with Crippen LogP contribution < -0.4 is 4.90 Å². The summed E-state index contributed by atoms with van der Waals surface area (Å²) in [6.45, 7) is 5.24. The van der Waals surface area contributed by atoms with E-state index in [1.54, 1.807) is 23.2 Å². The van der Waals surface area contributed by atoms with Crippen molar-refractivity contribution in [1.82, 2.24) is 0 Å². The molecule has 1 aromatic heterocycles. The smallest absolute Gasteiger partial charge is 0.223 e. The zero-order valence-corrected chi connectivity index (χ0v) is 15.8. The van der Waals surface area contributed by atoms with E-state index in [1.807, 2.05) is 41.8 Å². The number of unbranched alkanes of at least 4 members (excludes halogenated alkanes) is 1. The lowest BCUT2D eigenvalue weighted by atomic mass is 10.0. The van der Waals surface area contributed by atoms with Gasteiger partial charge in [0, 0.05) is 24.0 Å². The Morgan fingerprint density at radius 3 is 2.64 bits per heavy atom. The molecule has 2 aromatic rings. The van der Waals surface area contributed by atoms with Crippen LogP contribution in [-0.4, -0.2) is 24.2 Å². The van der Waals surface area contributed by atoms with Crippen molar-refractivity contribution < 1.29 is 14.6 Å². The number of benzene rings is 1. The van der Waals surface area contributed by atoms with E-state index in [4.69, 9.17) is 4.74 Å². The summed E-state index contributed by atoms with van der Waals surface area (Å²) in [6, 6.07) is 11.6. The summed E-state index contributed by atoms with van der Waals surface area (Å²) in [5.74, 6) is -0.0148. The normalized spacial score (nSPS) is 12.1. The summed E-state index contributed by atoms with van der Waals surface area (Å²) < 4.78 is 5.66. The number of carbonyl (C=O) groups is 1. The Kier molecular flexibility index (Phi) is 8.12. The number of aliphatic hydroxyl groups excluding tert-OH is 1. The third kappa shape index (κ3) is 6.27. The van der Waals surface area contributed by atoms with Crippen molar-refractivity contribution in [2.45, 2.75) is 45.8 Å². The van der Waals surface area contributed by atoms with E-state index in [0.29, 0.717) is 19.8 Å². The van der Waals surface area contributed by atoms with Gasteiger partial charge in [0.15, 0.2) is 0 Å². The summed E-state index contributed by atoms with van der Waals surface area (Å²) >= 11 is 1.66. The van der Waals surface area contributed by atoms with E-state index in [1.165, 1.54) is 4.88 Å². The van der Waals surface area contributed by atoms with Crippen LogP contribution >= 0.6 is 11.3 Å². The second kappa shape index (κ2) is 10.3. The van der Waals surface area contributed by atoms with Gasteiger partial charge in [0.1, 0.15) is 0 Å². The topological polar surface area (TPSA) is 49.8 Å². The summed E-state index contributed by atoms with van der Waals surface area (Å²) in [4.78, 5) is 14.8. The van der Waals surface area contributed by atoms with Crippen LogP contribution in [0, 0.1) is 0 Å². The predicted octanol–water partition coefficient (Wildman–Crippen LogP) is 4.54.